The van der Waals surface area contributed by atoms with Gasteiger partial charge in [0.1, 0.15) is 5.75 Å². The van der Waals surface area contributed by atoms with Gasteiger partial charge in [0.15, 0.2) is 0 Å². The number of methoxy groups -OCH3 is 1. The lowest BCUT2D eigenvalue weighted by Crippen LogP contribution is -2.12. The summed E-state index contributed by atoms with van der Waals surface area (Å²) in [5.74, 6) is 0.931. The first kappa shape index (κ1) is 10.1. The second kappa shape index (κ2) is 3.41. The lowest BCUT2D eigenvalue weighted by Gasteiger charge is -2.22. The predicted octanol–water partition coefficient (Wildman–Crippen LogP) is 3.17. The maximum Gasteiger partial charge on any atom is 0.122 e. The molecule has 0 saturated heterocycles. The minimum Gasteiger partial charge on any atom is -0.496 e. The first-order chi connectivity index (χ1) is 5.95. The van der Waals surface area contributed by atoms with Crippen molar-refractivity contribution in [3.05, 3.63) is 36.2 Å². The lowest BCUT2D eigenvalue weighted by molar-refractivity contribution is 0.397. The second-order valence-electron chi connectivity index (χ2n) is 4.28. The fraction of sp³-hybridized carbons (Fsp3) is 0.417. The van der Waals surface area contributed by atoms with E-state index >= 15 is 0 Å². The molecule has 71 valence electrons. The first-order valence-electron chi connectivity index (χ1n) is 4.45. The van der Waals surface area contributed by atoms with Gasteiger partial charge in [-0.05, 0) is 29.5 Å². The first-order valence-corrected chi connectivity index (χ1v) is 4.45. The molecule has 0 saturated carbocycles. The topological polar surface area (TPSA) is 9.23 Å². The summed E-state index contributed by atoms with van der Waals surface area (Å²) in [6, 6.07) is 6.07. The Hall–Kier alpha value is -0.980. The van der Waals surface area contributed by atoms with Gasteiger partial charge >= 0.3 is 0 Å². The molecule has 0 aliphatic rings. The smallest absolute Gasteiger partial charge is 0.122 e. The molecule has 0 atom stereocenters. The molecular formula is C12H17O. The molecule has 0 fully saturated rings. The van der Waals surface area contributed by atoms with E-state index in [1.807, 2.05) is 12.1 Å². The number of hydrogen-bond acceptors (Lipinski definition) is 1. The molecule has 0 spiro atoms. The summed E-state index contributed by atoms with van der Waals surface area (Å²) >= 11 is 0. The largest absolute Gasteiger partial charge is 0.496 e. The molecule has 1 heteroatoms. The summed E-state index contributed by atoms with van der Waals surface area (Å²) in [6.45, 7) is 10.4. The van der Waals surface area contributed by atoms with E-state index in [0.717, 1.165) is 11.3 Å². The van der Waals surface area contributed by atoms with Crippen molar-refractivity contribution in [2.75, 3.05) is 7.11 Å². The molecule has 1 rings (SSSR count). The highest BCUT2D eigenvalue weighted by molar-refractivity contribution is 5.42. The highest BCUT2D eigenvalue weighted by Crippen LogP contribution is 2.31. The standard InChI is InChI=1S/C12H17O/c1-9-6-7-10(12(2,3)4)11(8-9)13-5/h6-8H,1H2,2-5H3. The van der Waals surface area contributed by atoms with Crippen LogP contribution in [0.3, 0.4) is 0 Å². The van der Waals surface area contributed by atoms with Gasteiger partial charge in [-0.15, -0.1) is 0 Å². The molecule has 0 unspecified atom stereocenters. The third-order valence-electron chi connectivity index (χ3n) is 2.07. The zero-order valence-corrected chi connectivity index (χ0v) is 8.85. The Morgan fingerprint density at radius 3 is 2.31 bits per heavy atom. The van der Waals surface area contributed by atoms with Crippen LogP contribution in [0.2, 0.25) is 0 Å². The van der Waals surface area contributed by atoms with E-state index in [0.29, 0.717) is 0 Å². The SMILES string of the molecule is [CH2]c1ccc(C(C)(C)C)c(OC)c1. The number of rotatable bonds is 1. The van der Waals surface area contributed by atoms with Gasteiger partial charge < -0.3 is 4.74 Å². The molecule has 0 aliphatic heterocycles. The summed E-state index contributed by atoms with van der Waals surface area (Å²) in [5.41, 5.74) is 2.34. The number of ether oxygens (including phenoxy) is 1. The van der Waals surface area contributed by atoms with Gasteiger partial charge in [-0.3, -0.25) is 0 Å². The molecule has 13 heavy (non-hydrogen) atoms. The average molecular weight is 177 g/mol. The van der Waals surface area contributed by atoms with Crippen LogP contribution in [0.4, 0.5) is 0 Å². The average Bonchev–Trinajstić information content (AvgIpc) is 2.01. The maximum atomic E-state index is 5.31. The van der Waals surface area contributed by atoms with E-state index in [4.69, 9.17) is 4.74 Å². The van der Waals surface area contributed by atoms with E-state index in [1.54, 1.807) is 7.11 Å². The van der Waals surface area contributed by atoms with E-state index in [2.05, 4.69) is 33.8 Å². The zero-order chi connectivity index (χ0) is 10.1. The van der Waals surface area contributed by atoms with Crippen LogP contribution in [0.1, 0.15) is 31.9 Å². The molecule has 0 heterocycles. The molecular weight excluding hydrogens is 160 g/mol. The monoisotopic (exact) mass is 177 g/mol. The van der Waals surface area contributed by atoms with Gasteiger partial charge in [-0.2, -0.15) is 0 Å². The summed E-state index contributed by atoms with van der Waals surface area (Å²) in [5, 5.41) is 0. The molecule has 0 aliphatic carbocycles. The Morgan fingerprint density at radius 2 is 1.85 bits per heavy atom. The summed E-state index contributed by atoms with van der Waals surface area (Å²) in [6.07, 6.45) is 0. The lowest BCUT2D eigenvalue weighted by atomic mass is 9.86. The Balaban J connectivity index is 3.22. The van der Waals surface area contributed by atoms with Crippen molar-refractivity contribution in [3.8, 4) is 5.75 Å². The third-order valence-corrected chi connectivity index (χ3v) is 2.07. The van der Waals surface area contributed by atoms with Crippen molar-refractivity contribution in [3.63, 3.8) is 0 Å². The predicted molar refractivity (Wildman–Crippen MR) is 56.2 cm³/mol. The van der Waals surface area contributed by atoms with Gasteiger partial charge in [0.05, 0.1) is 7.11 Å². The van der Waals surface area contributed by atoms with Gasteiger partial charge in [-0.25, -0.2) is 0 Å². The third kappa shape index (κ3) is 2.24. The molecule has 1 aromatic rings. The van der Waals surface area contributed by atoms with Gasteiger partial charge in [0.25, 0.3) is 0 Å². The Kier molecular flexibility index (Phi) is 2.65. The highest BCUT2D eigenvalue weighted by Gasteiger charge is 2.18. The minimum absolute atomic E-state index is 0.124. The van der Waals surface area contributed by atoms with E-state index < -0.39 is 0 Å². The Morgan fingerprint density at radius 1 is 1.23 bits per heavy atom. The Bertz CT molecular complexity index is 294. The van der Waals surface area contributed by atoms with Crippen LogP contribution in [0.15, 0.2) is 18.2 Å². The fourth-order valence-corrected chi connectivity index (χ4v) is 1.36. The van der Waals surface area contributed by atoms with Crippen molar-refractivity contribution in [2.24, 2.45) is 0 Å². The molecule has 0 amide bonds. The van der Waals surface area contributed by atoms with Crippen LogP contribution >= 0.6 is 0 Å². The number of hydrogen-bond donors (Lipinski definition) is 0. The van der Waals surface area contributed by atoms with Gasteiger partial charge in [0, 0.05) is 0 Å². The van der Waals surface area contributed by atoms with Crippen molar-refractivity contribution >= 4 is 0 Å². The van der Waals surface area contributed by atoms with Crippen molar-refractivity contribution < 1.29 is 4.74 Å². The van der Waals surface area contributed by atoms with Crippen molar-refractivity contribution in [2.45, 2.75) is 26.2 Å². The second-order valence-corrected chi connectivity index (χ2v) is 4.28. The van der Waals surface area contributed by atoms with Crippen LogP contribution in [-0.2, 0) is 5.41 Å². The quantitative estimate of drug-likeness (QED) is 0.640. The fourth-order valence-electron chi connectivity index (χ4n) is 1.36. The maximum absolute atomic E-state index is 5.31. The number of benzene rings is 1. The van der Waals surface area contributed by atoms with E-state index in [1.165, 1.54) is 5.56 Å². The van der Waals surface area contributed by atoms with Crippen molar-refractivity contribution in [1.29, 1.82) is 0 Å². The molecule has 1 radical (unpaired) electrons. The molecule has 0 aromatic heterocycles. The zero-order valence-electron chi connectivity index (χ0n) is 8.85. The molecule has 1 aromatic carbocycles. The Labute approximate surface area is 80.7 Å². The molecule has 0 bridgehead atoms. The van der Waals surface area contributed by atoms with Crippen LogP contribution in [-0.4, -0.2) is 7.11 Å². The van der Waals surface area contributed by atoms with E-state index in [-0.39, 0.29) is 5.41 Å². The minimum atomic E-state index is 0.124. The summed E-state index contributed by atoms with van der Waals surface area (Å²) < 4.78 is 5.31. The van der Waals surface area contributed by atoms with E-state index in [9.17, 15) is 0 Å². The van der Waals surface area contributed by atoms with Crippen LogP contribution in [0.5, 0.6) is 5.75 Å². The van der Waals surface area contributed by atoms with Crippen LogP contribution in [0, 0.1) is 6.92 Å². The van der Waals surface area contributed by atoms with Crippen molar-refractivity contribution in [1.82, 2.24) is 0 Å². The normalized spacial score (nSPS) is 11.5. The highest BCUT2D eigenvalue weighted by atomic mass is 16.5. The molecule has 0 N–H and O–H groups in total. The van der Waals surface area contributed by atoms with Crippen LogP contribution < -0.4 is 4.74 Å². The van der Waals surface area contributed by atoms with Gasteiger partial charge in [0.2, 0.25) is 0 Å². The molecule has 1 nitrogen and oxygen atoms in total. The summed E-state index contributed by atoms with van der Waals surface area (Å²) in [7, 11) is 1.70. The summed E-state index contributed by atoms with van der Waals surface area (Å²) in [4.78, 5) is 0. The van der Waals surface area contributed by atoms with Gasteiger partial charge in [-0.1, -0.05) is 32.9 Å². The van der Waals surface area contributed by atoms with Crippen LogP contribution in [0.25, 0.3) is 0 Å².